The molecule has 0 saturated carbocycles. The third-order valence-corrected chi connectivity index (χ3v) is 17.1. The van der Waals surface area contributed by atoms with Gasteiger partial charge in [0.1, 0.15) is 11.2 Å². The molecule has 10 aromatic carbocycles. The molecule has 2 heterocycles. The first-order valence-electron chi connectivity index (χ1n) is 27.0. The maximum atomic E-state index is 7.08. The first-order chi connectivity index (χ1) is 36.5. The number of hydrogen-bond donors (Lipinski definition) is 0. The zero-order valence-corrected chi connectivity index (χ0v) is 45.2. The molecule has 2 aromatic heterocycles. The second kappa shape index (κ2) is 16.1. The molecule has 0 bridgehead atoms. The highest BCUT2D eigenvalue weighted by atomic mass is 16.3. The Morgan fingerprint density at radius 2 is 0.750 bits per heavy atom. The summed E-state index contributed by atoms with van der Waals surface area (Å²) in [6.45, 7) is 23.2. The van der Waals surface area contributed by atoms with Crippen molar-refractivity contribution >= 4 is 88.8 Å². The van der Waals surface area contributed by atoms with Gasteiger partial charge >= 0.3 is 0 Å². The zero-order chi connectivity index (χ0) is 52.2. The summed E-state index contributed by atoms with van der Waals surface area (Å²) in [5.41, 5.74) is 22.3. The van der Waals surface area contributed by atoms with E-state index in [-0.39, 0.29) is 21.7 Å². The Hall–Kier alpha value is -8.34. The van der Waals surface area contributed by atoms with Crippen LogP contribution in [0, 0.1) is 0 Å². The van der Waals surface area contributed by atoms with Crippen LogP contribution in [0.3, 0.4) is 0 Å². The predicted octanol–water partition coefficient (Wildman–Crippen LogP) is 20.8. The van der Waals surface area contributed by atoms with E-state index in [4.69, 9.17) is 8.83 Å². The van der Waals surface area contributed by atoms with E-state index in [0.29, 0.717) is 0 Å². The molecule has 0 saturated heterocycles. The van der Waals surface area contributed by atoms with Crippen LogP contribution in [-0.4, -0.2) is 0 Å². The molecular formula is C72H62N2O2. The molecule has 2 aliphatic carbocycles. The Labute approximate surface area is 445 Å². The standard InChI is InChI=1S/C72H62N2O2/c1-69(2,3)56-32-17-26-48-50-28-20-34-62(67(50)75-65(48)56)73(43-22-13-11-14-23-43)45-36-37-46-53-41-60-54(42-59(53)72(9,10)58(46)40-45)47-38-39-61(52-30-19-31-55(64(47)52)71(60,7)8)74(44-24-15-12-16-25-44)63-35-21-29-51-49-27-18-33-57(70(4,5)6)66(49)76-68(51)63/h11-42H,1-10H3. The van der Waals surface area contributed by atoms with Crippen molar-refractivity contribution in [3.05, 3.63) is 228 Å². The highest BCUT2D eigenvalue weighted by Crippen LogP contribution is 2.58. The molecule has 0 atom stereocenters. The van der Waals surface area contributed by atoms with Crippen LogP contribution < -0.4 is 9.80 Å². The van der Waals surface area contributed by atoms with Gasteiger partial charge in [-0.15, -0.1) is 0 Å². The lowest BCUT2D eigenvalue weighted by Gasteiger charge is -2.37. The van der Waals surface area contributed by atoms with Gasteiger partial charge in [0, 0.05) is 66.0 Å². The van der Waals surface area contributed by atoms with Gasteiger partial charge in [0.15, 0.2) is 11.2 Å². The molecule has 4 heteroatoms. The predicted molar refractivity (Wildman–Crippen MR) is 320 cm³/mol. The summed E-state index contributed by atoms with van der Waals surface area (Å²) in [4.78, 5) is 4.81. The summed E-state index contributed by atoms with van der Waals surface area (Å²) in [5, 5.41) is 7.04. The van der Waals surface area contributed by atoms with Crippen LogP contribution in [0.2, 0.25) is 0 Å². The molecule has 0 aliphatic heterocycles. The lowest BCUT2D eigenvalue weighted by molar-refractivity contribution is 0.572. The molecule has 0 spiro atoms. The fraction of sp³-hybridized carbons (Fsp3) is 0.194. The van der Waals surface area contributed by atoms with E-state index in [1.54, 1.807) is 0 Å². The van der Waals surface area contributed by atoms with Crippen molar-refractivity contribution in [1.82, 2.24) is 0 Å². The lowest BCUT2D eigenvalue weighted by atomic mass is 9.67. The molecule has 2 aliphatic rings. The monoisotopic (exact) mass is 986 g/mol. The summed E-state index contributed by atoms with van der Waals surface area (Å²) in [5.74, 6) is 0. The van der Waals surface area contributed by atoms with Crippen molar-refractivity contribution in [3.63, 3.8) is 0 Å². The van der Waals surface area contributed by atoms with E-state index >= 15 is 0 Å². The second-order valence-electron chi connectivity index (χ2n) is 24.5. The first-order valence-corrected chi connectivity index (χ1v) is 27.0. The summed E-state index contributed by atoms with van der Waals surface area (Å²) < 4.78 is 14.1. The van der Waals surface area contributed by atoms with Crippen LogP contribution in [0.15, 0.2) is 203 Å². The number of anilines is 6. The van der Waals surface area contributed by atoms with Crippen LogP contribution in [0.1, 0.15) is 103 Å². The van der Waals surface area contributed by atoms with Crippen molar-refractivity contribution in [1.29, 1.82) is 0 Å². The van der Waals surface area contributed by atoms with Crippen LogP contribution in [0.25, 0.3) is 76.9 Å². The van der Waals surface area contributed by atoms with Gasteiger partial charge in [-0.25, -0.2) is 0 Å². The quantitative estimate of drug-likeness (QED) is 0.166. The number of para-hydroxylation sites is 6. The summed E-state index contributed by atoms with van der Waals surface area (Å²) in [6.07, 6.45) is 0. The van der Waals surface area contributed by atoms with E-state index in [2.05, 4.69) is 273 Å². The number of fused-ring (bicyclic) bond motifs is 11. The van der Waals surface area contributed by atoms with Gasteiger partial charge < -0.3 is 18.6 Å². The number of nitrogens with zero attached hydrogens (tertiary/aromatic N) is 2. The van der Waals surface area contributed by atoms with Crippen molar-refractivity contribution < 1.29 is 8.83 Å². The molecule has 0 radical (unpaired) electrons. The Morgan fingerprint density at radius 3 is 1.30 bits per heavy atom. The Bertz CT molecular complexity index is 4360. The molecular weight excluding hydrogens is 925 g/mol. The third-order valence-electron chi connectivity index (χ3n) is 17.1. The van der Waals surface area contributed by atoms with Crippen molar-refractivity contribution in [3.8, 4) is 22.3 Å². The van der Waals surface area contributed by atoms with Gasteiger partial charge in [-0.3, -0.25) is 0 Å². The maximum absolute atomic E-state index is 7.08. The molecule has 0 fully saturated rings. The SMILES string of the molecule is CC(C)(C)c1cccc2c1oc1c(N(c3ccccc3)c3ccc4c(c3)C(C)(C)c3cc5c(cc3-4)C(C)(C)c3cccc4c(N(c6ccccc6)c6cccc7c6oc6c(C(C)(C)C)cccc67)ccc-5c34)cccc12. The van der Waals surface area contributed by atoms with Crippen LogP contribution in [-0.2, 0) is 21.7 Å². The van der Waals surface area contributed by atoms with Gasteiger partial charge in [0.25, 0.3) is 0 Å². The van der Waals surface area contributed by atoms with Gasteiger partial charge in [0.2, 0.25) is 0 Å². The summed E-state index contributed by atoms with van der Waals surface area (Å²) in [6, 6.07) is 71.8. The van der Waals surface area contributed by atoms with E-state index in [0.717, 1.165) is 78.0 Å². The Balaban J connectivity index is 0.925. The summed E-state index contributed by atoms with van der Waals surface area (Å²) >= 11 is 0. The highest BCUT2D eigenvalue weighted by Gasteiger charge is 2.42. The molecule has 372 valence electrons. The van der Waals surface area contributed by atoms with Gasteiger partial charge in [0.05, 0.1) is 17.1 Å². The smallest absolute Gasteiger partial charge is 0.159 e. The van der Waals surface area contributed by atoms with Crippen molar-refractivity contribution in [2.75, 3.05) is 9.80 Å². The zero-order valence-electron chi connectivity index (χ0n) is 45.2. The minimum Gasteiger partial charge on any atom is -0.454 e. The van der Waals surface area contributed by atoms with Gasteiger partial charge in [-0.1, -0.05) is 197 Å². The average Bonchev–Trinajstić information content (AvgIpc) is 4.25. The maximum Gasteiger partial charge on any atom is 0.159 e. The lowest BCUT2D eigenvalue weighted by Crippen LogP contribution is -2.25. The van der Waals surface area contributed by atoms with Crippen LogP contribution in [0.5, 0.6) is 0 Å². The summed E-state index contributed by atoms with van der Waals surface area (Å²) in [7, 11) is 0. The van der Waals surface area contributed by atoms with Crippen molar-refractivity contribution in [2.24, 2.45) is 0 Å². The van der Waals surface area contributed by atoms with Gasteiger partial charge in [-0.2, -0.15) is 0 Å². The minimum atomic E-state index is -0.301. The van der Waals surface area contributed by atoms with Crippen LogP contribution in [0.4, 0.5) is 34.1 Å². The number of hydrogen-bond acceptors (Lipinski definition) is 4. The van der Waals surface area contributed by atoms with E-state index < -0.39 is 0 Å². The fourth-order valence-electron chi connectivity index (χ4n) is 13.3. The Morgan fingerprint density at radius 1 is 0.316 bits per heavy atom. The Kier molecular flexibility index (Phi) is 9.78. The van der Waals surface area contributed by atoms with E-state index in [1.165, 1.54) is 66.4 Å². The third kappa shape index (κ3) is 6.62. The van der Waals surface area contributed by atoms with Gasteiger partial charge in [-0.05, 0) is 127 Å². The second-order valence-corrected chi connectivity index (χ2v) is 24.5. The van der Waals surface area contributed by atoms with E-state index in [1.807, 2.05) is 0 Å². The number of benzene rings is 10. The van der Waals surface area contributed by atoms with Crippen LogP contribution >= 0.6 is 0 Å². The normalized spacial score (nSPS) is 14.4. The topological polar surface area (TPSA) is 32.8 Å². The fourth-order valence-corrected chi connectivity index (χ4v) is 13.3. The van der Waals surface area contributed by atoms with Crippen molar-refractivity contribution in [2.45, 2.75) is 90.9 Å². The molecule has 0 unspecified atom stereocenters. The minimum absolute atomic E-state index is 0.0762. The van der Waals surface area contributed by atoms with E-state index in [9.17, 15) is 0 Å². The molecule has 76 heavy (non-hydrogen) atoms. The average molecular weight is 987 g/mol. The molecule has 0 N–H and O–H groups in total. The molecule has 4 nitrogen and oxygen atoms in total. The highest BCUT2D eigenvalue weighted by molar-refractivity contribution is 6.15. The largest absolute Gasteiger partial charge is 0.454 e. The molecule has 14 rings (SSSR count). The molecule has 0 amide bonds. The first kappa shape index (κ1) is 46.2. The molecule has 12 aromatic rings. The number of furan rings is 2. The number of rotatable bonds is 6.